The van der Waals surface area contributed by atoms with Gasteiger partial charge in [0.2, 0.25) is 10.0 Å². The third kappa shape index (κ3) is 3.31. The lowest BCUT2D eigenvalue weighted by atomic mass is 9.99. The van der Waals surface area contributed by atoms with Gasteiger partial charge in [0.05, 0.1) is 22.6 Å². The van der Waals surface area contributed by atoms with Crippen molar-refractivity contribution in [1.29, 1.82) is 0 Å². The Morgan fingerprint density at radius 3 is 2.55 bits per heavy atom. The zero-order valence-corrected chi connectivity index (χ0v) is 17.0. The molecule has 2 aromatic rings. The summed E-state index contributed by atoms with van der Waals surface area (Å²) < 4.78 is 41.1. The maximum Gasteiger partial charge on any atom is 0.261 e. The minimum absolute atomic E-state index is 0.229. The van der Waals surface area contributed by atoms with Crippen molar-refractivity contribution in [2.75, 3.05) is 16.6 Å². The summed E-state index contributed by atoms with van der Waals surface area (Å²) in [7, 11) is -3.82. The molecule has 0 radical (unpaired) electrons. The molecule has 0 bridgehead atoms. The topological polar surface area (TPSA) is 74.8 Å². The molecule has 1 unspecified atom stereocenters. The Morgan fingerprint density at radius 1 is 1.07 bits per heavy atom. The number of carbonyl (C=O) groups is 2. The minimum atomic E-state index is -3.82. The first-order valence-electron chi connectivity index (χ1n) is 9.46. The molecule has 0 saturated heterocycles. The number of rotatable bonds is 4. The van der Waals surface area contributed by atoms with Gasteiger partial charge in [-0.15, -0.1) is 0 Å². The fraction of sp³-hybridized carbons (Fsp3) is 0.333. The Labute approximate surface area is 169 Å². The summed E-state index contributed by atoms with van der Waals surface area (Å²) in [4.78, 5) is 26.2. The quantitative estimate of drug-likeness (QED) is 0.719. The molecule has 2 heterocycles. The first-order chi connectivity index (χ1) is 13.7. The van der Waals surface area contributed by atoms with Crippen LogP contribution in [0.4, 0.5) is 10.1 Å². The van der Waals surface area contributed by atoms with Gasteiger partial charge in [-0.25, -0.2) is 12.8 Å². The lowest BCUT2D eigenvalue weighted by Crippen LogP contribution is -2.45. The van der Waals surface area contributed by atoms with E-state index in [0.717, 1.165) is 10.5 Å². The first-order valence-corrected chi connectivity index (χ1v) is 11.1. The Morgan fingerprint density at radius 2 is 1.79 bits per heavy atom. The number of amides is 2. The average Bonchev–Trinajstić information content (AvgIpc) is 2.90. The van der Waals surface area contributed by atoms with Crippen LogP contribution >= 0.6 is 0 Å². The number of nitrogens with zero attached hydrogens (tertiary/aromatic N) is 2. The van der Waals surface area contributed by atoms with E-state index in [-0.39, 0.29) is 12.6 Å². The molecule has 0 spiro atoms. The van der Waals surface area contributed by atoms with Crippen LogP contribution in [0.15, 0.2) is 36.4 Å². The molecule has 2 aliphatic rings. The van der Waals surface area contributed by atoms with Gasteiger partial charge in [-0.2, -0.15) is 0 Å². The van der Waals surface area contributed by atoms with Crippen LogP contribution in [0.2, 0.25) is 0 Å². The number of fused-ring (bicyclic) bond motifs is 2. The number of imide groups is 1. The minimum Gasteiger partial charge on any atom is -0.273 e. The highest BCUT2D eigenvalue weighted by atomic mass is 32.2. The van der Waals surface area contributed by atoms with Crippen LogP contribution in [0, 0.1) is 12.7 Å². The summed E-state index contributed by atoms with van der Waals surface area (Å²) in [6.45, 7) is 3.39. The van der Waals surface area contributed by atoms with E-state index < -0.39 is 33.4 Å². The Kier molecular flexibility index (Phi) is 4.69. The highest BCUT2D eigenvalue weighted by Crippen LogP contribution is 2.34. The predicted octanol–water partition coefficient (Wildman–Crippen LogP) is 2.90. The van der Waals surface area contributed by atoms with E-state index in [9.17, 15) is 22.4 Å². The van der Waals surface area contributed by atoms with E-state index in [1.54, 1.807) is 25.1 Å². The lowest BCUT2D eigenvalue weighted by molar-refractivity contribution is 0.0664. The van der Waals surface area contributed by atoms with E-state index >= 15 is 0 Å². The highest BCUT2D eigenvalue weighted by molar-refractivity contribution is 7.92. The van der Waals surface area contributed by atoms with E-state index in [1.807, 2.05) is 6.92 Å². The van der Waals surface area contributed by atoms with Crippen molar-refractivity contribution in [1.82, 2.24) is 4.90 Å². The van der Waals surface area contributed by atoms with Crippen molar-refractivity contribution in [3.05, 3.63) is 64.5 Å². The molecule has 2 aromatic carbocycles. The second-order valence-electron chi connectivity index (χ2n) is 7.58. The van der Waals surface area contributed by atoms with Gasteiger partial charge in [0.25, 0.3) is 11.8 Å². The molecule has 6 nitrogen and oxygen atoms in total. The summed E-state index contributed by atoms with van der Waals surface area (Å²) in [6, 6.07) is 8.77. The number of carbonyl (C=O) groups excluding carboxylic acids is 2. The van der Waals surface area contributed by atoms with Crippen LogP contribution in [-0.2, 0) is 16.4 Å². The number of benzene rings is 2. The van der Waals surface area contributed by atoms with Gasteiger partial charge in [-0.3, -0.25) is 18.8 Å². The average molecular weight is 416 g/mol. The molecule has 1 atom stereocenters. The SMILES string of the molecule is Cc1ccc2c(c1)C(=O)N(CCS(=O)(=O)N1c3ccc(F)cc3CCC1C)C2=O. The second-order valence-corrected chi connectivity index (χ2v) is 9.55. The maximum atomic E-state index is 13.6. The van der Waals surface area contributed by atoms with Gasteiger partial charge in [-0.1, -0.05) is 11.6 Å². The van der Waals surface area contributed by atoms with Crippen LogP contribution in [-0.4, -0.2) is 43.5 Å². The summed E-state index contributed by atoms with van der Waals surface area (Å²) in [6.07, 6.45) is 1.17. The van der Waals surface area contributed by atoms with Gasteiger partial charge < -0.3 is 0 Å². The normalized spacial score (nSPS) is 18.8. The molecule has 2 amide bonds. The number of anilines is 1. The second kappa shape index (κ2) is 6.95. The van der Waals surface area contributed by atoms with E-state index in [2.05, 4.69) is 0 Å². The maximum absolute atomic E-state index is 13.6. The van der Waals surface area contributed by atoms with E-state index in [4.69, 9.17) is 0 Å². The largest absolute Gasteiger partial charge is 0.273 e. The Bertz CT molecular complexity index is 1130. The fourth-order valence-corrected chi connectivity index (χ4v) is 5.77. The molecular formula is C21H21FN2O4S. The van der Waals surface area contributed by atoms with Gasteiger partial charge in [0.15, 0.2) is 0 Å². The van der Waals surface area contributed by atoms with Crippen molar-refractivity contribution in [3.63, 3.8) is 0 Å². The van der Waals surface area contributed by atoms with Gasteiger partial charge >= 0.3 is 0 Å². The monoisotopic (exact) mass is 416 g/mol. The summed E-state index contributed by atoms with van der Waals surface area (Å²) >= 11 is 0. The third-order valence-corrected chi connectivity index (χ3v) is 7.36. The molecule has 0 aromatic heterocycles. The zero-order chi connectivity index (χ0) is 20.9. The van der Waals surface area contributed by atoms with Gasteiger partial charge in [0.1, 0.15) is 5.82 Å². The van der Waals surface area contributed by atoms with Crippen LogP contribution in [0.1, 0.15) is 45.2 Å². The molecular weight excluding hydrogens is 395 g/mol. The zero-order valence-electron chi connectivity index (χ0n) is 16.2. The fourth-order valence-electron chi connectivity index (χ4n) is 4.03. The van der Waals surface area contributed by atoms with Crippen molar-refractivity contribution < 1.29 is 22.4 Å². The summed E-state index contributed by atoms with van der Waals surface area (Å²) in [5.74, 6) is -1.75. The first kappa shape index (κ1) is 19.6. The lowest BCUT2D eigenvalue weighted by Gasteiger charge is -2.36. The van der Waals surface area contributed by atoms with Crippen LogP contribution in [0.3, 0.4) is 0 Å². The van der Waals surface area contributed by atoms with Crippen molar-refractivity contribution in [2.45, 2.75) is 32.7 Å². The van der Waals surface area contributed by atoms with E-state index in [1.165, 1.54) is 22.5 Å². The molecule has 29 heavy (non-hydrogen) atoms. The number of hydrogen-bond donors (Lipinski definition) is 0. The molecule has 0 fully saturated rings. The highest BCUT2D eigenvalue weighted by Gasteiger charge is 2.38. The molecule has 4 rings (SSSR count). The summed E-state index contributed by atoms with van der Waals surface area (Å²) in [5.41, 5.74) is 2.56. The molecule has 0 saturated carbocycles. The van der Waals surface area contributed by atoms with Crippen LogP contribution in [0.25, 0.3) is 0 Å². The van der Waals surface area contributed by atoms with E-state index in [0.29, 0.717) is 35.2 Å². The van der Waals surface area contributed by atoms with Crippen molar-refractivity contribution >= 4 is 27.5 Å². The standard InChI is InChI=1S/C21H21FN2O4S/c1-13-3-7-17-18(11-13)21(26)23(20(17)25)9-10-29(27,28)24-14(2)4-5-15-12-16(22)6-8-19(15)24/h3,6-8,11-12,14H,4-5,9-10H2,1-2H3. The smallest absolute Gasteiger partial charge is 0.261 e. The Hall–Kier alpha value is -2.74. The number of sulfonamides is 1. The number of halogens is 1. The van der Waals surface area contributed by atoms with Gasteiger partial charge in [0, 0.05) is 12.6 Å². The molecule has 8 heteroatoms. The predicted molar refractivity (Wildman–Crippen MR) is 107 cm³/mol. The summed E-state index contributed by atoms with van der Waals surface area (Å²) in [5, 5.41) is 0. The molecule has 0 N–H and O–H groups in total. The molecule has 2 aliphatic heterocycles. The molecule has 0 aliphatic carbocycles. The number of aryl methyl sites for hydroxylation is 2. The van der Waals surface area contributed by atoms with Crippen LogP contribution < -0.4 is 4.31 Å². The van der Waals surface area contributed by atoms with Crippen molar-refractivity contribution in [3.8, 4) is 0 Å². The third-order valence-electron chi connectivity index (χ3n) is 5.51. The van der Waals surface area contributed by atoms with Gasteiger partial charge in [-0.05, 0) is 62.6 Å². The van der Waals surface area contributed by atoms with Crippen LogP contribution in [0.5, 0.6) is 0 Å². The van der Waals surface area contributed by atoms with Crippen molar-refractivity contribution in [2.24, 2.45) is 0 Å². The Balaban J connectivity index is 1.58. The number of hydrogen-bond acceptors (Lipinski definition) is 4. The molecule has 152 valence electrons.